The molecule has 4 rings (SSSR count). The highest BCUT2D eigenvalue weighted by Gasteiger charge is 2.29. The molecule has 2 aromatic rings. The molecule has 1 N–H and O–H groups in total. The van der Waals surface area contributed by atoms with E-state index in [0.29, 0.717) is 12.0 Å². The molecule has 1 unspecified atom stereocenters. The fraction of sp³-hybridized carbons (Fsp3) is 0.429. The molecule has 0 amide bonds. The summed E-state index contributed by atoms with van der Waals surface area (Å²) in [5, 5.41) is 3.45. The van der Waals surface area contributed by atoms with E-state index in [1.807, 2.05) is 6.07 Å². The lowest BCUT2D eigenvalue weighted by molar-refractivity contribution is 0.170. The predicted molar refractivity (Wildman–Crippen MR) is 102 cm³/mol. The molecule has 2 aliphatic rings. The molecular weight excluding hydrogens is 331 g/mol. The molecule has 0 bridgehead atoms. The highest BCUT2D eigenvalue weighted by molar-refractivity contribution is 7.99. The third-order valence-corrected chi connectivity index (χ3v) is 6.51. The zero-order valence-corrected chi connectivity index (χ0v) is 15.7. The van der Waals surface area contributed by atoms with Gasteiger partial charge < -0.3 is 5.32 Å². The predicted octanol–water partition coefficient (Wildman–Crippen LogP) is 4.60. The fourth-order valence-electron chi connectivity index (χ4n) is 3.83. The van der Waals surface area contributed by atoms with Gasteiger partial charge in [-0.3, -0.25) is 4.90 Å². The molecule has 2 aliphatic heterocycles. The van der Waals surface area contributed by atoms with Crippen molar-refractivity contribution in [3.8, 4) is 0 Å². The van der Waals surface area contributed by atoms with Crippen LogP contribution in [0.4, 0.5) is 4.39 Å². The number of piperazine rings is 1. The van der Waals surface area contributed by atoms with Crippen LogP contribution in [-0.4, -0.2) is 31.1 Å². The van der Waals surface area contributed by atoms with Gasteiger partial charge in [-0.1, -0.05) is 43.8 Å². The van der Waals surface area contributed by atoms with E-state index >= 15 is 0 Å². The van der Waals surface area contributed by atoms with Crippen LogP contribution in [0.15, 0.2) is 46.2 Å². The van der Waals surface area contributed by atoms with Gasteiger partial charge in [0.1, 0.15) is 5.82 Å². The summed E-state index contributed by atoms with van der Waals surface area (Å²) in [7, 11) is 0. The Kier molecular flexibility index (Phi) is 4.85. The molecule has 2 aromatic carbocycles. The van der Waals surface area contributed by atoms with Crippen molar-refractivity contribution >= 4 is 11.8 Å². The van der Waals surface area contributed by atoms with Gasteiger partial charge in [0.05, 0.1) is 0 Å². The molecule has 25 heavy (non-hydrogen) atoms. The largest absolute Gasteiger partial charge is 0.314 e. The first-order valence-electron chi connectivity index (χ1n) is 9.16. The van der Waals surface area contributed by atoms with Crippen LogP contribution in [0.25, 0.3) is 0 Å². The summed E-state index contributed by atoms with van der Waals surface area (Å²) in [6.45, 7) is 8.71. The molecule has 0 radical (unpaired) electrons. The topological polar surface area (TPSA) is 15.3 Å². The fourth-order valence-corrected chi connectivity index (χ4v) is 4.97. The van der Waals surface area contributed by atoms with E-state index in [-0.39, 0.29) is 5.82 Å². The number of rotatable bonds is 2. The average Bonchev–Trinajstić information content (AvgIpc) is 2.78. The molecule has 0 saturated carbocycles. The Hall–Kier alpha value is -1.36. The smallest absolute Gasteiger partial charge is 0.124 e. The van der Waals surface area contributed by atoms with Crippen molar-refractivity contribution in [2.24, 2.45) is 0 Å². The Morgan fingerprint density at radius 1 is 1.08 bits per heavy atom. The summed E-state index contributed by atoms with van der Waals surface area (Å²) in [5.41, 5.74) is 4.06. The number of nitrogens with one attached hydrogen (secondary N) is 1. The van der Waals surface area contributed by atoms with E-state index in [2.05, 4.69) is 42.3 Å². The van der Waals surface area contributed by atoms with Crippen LogP contribution < -0.4 is 5.32 Å². The van der Waals surface area contributed by atoms with Crippen molar-refractivity contribution in [2.45, 2.75) is 42.0 Å². The molecule has 0 spiro atoms. The SMILES string of the molecule is CC(C)c1ccc2c(c1)C(N1CCNCC1)Cc1ccc(F)cc1S2. The summed E-state index contributed by atoms with van der Waals surface area (Å²) in [5.74, 6) is 0.370. The van der Waals surface area contributed by atoms with Gasteiger partial charge in [-0.2, -0.15) is 0 Å². The van der Waals surface area contributed by atoms with Crippen LogP contribution in [0.2, 0.25) is 0 Å². The number of halogens is 1. The van der Waals surface area contributed by atoms with Gasteiger partial charge in [0, 0.05) is 42.0 Å². The minimum Gasteiger partial charge on any atom is -0.314 e. The van der Waals surface area contributed by atoms with Crippen molar-refractivity contribution in [3.63, 3.8) is 0 Å². The number of benzene rings is 2. The van der Waals surface area contributed by atoms with Gasteiger partial charge in [-0.25, -0.2) is 4.39 Å². The molecule has 1 saturated heterocycles. The van der Waals surface area contributed by atoms with Crippen LogP contribution in [-0.2, 0) is 6.42 Å². The average molecular weight is 357 g/mol. The molecule has 132 valence electrons. The lowest BCUT2D eigenvalue weighted by atomic mass is 9.93. The van der Waals surface area contributed by atoms with Gasteiger partial charge in [0.25, 0.3) is 0 Å². The van der Waals surface area contributed by atoms with Crippen molar-refractivity contribution in [1.29, 1.82) is 0 Å². The van der Waals surface area contributed by atoms with Gasteiger partial charge >= 0.3 is 0 Å². The van der Waals surface area contributed by atoms with Crippen LogP contribution in [0.5, 0.6) is 0 Å². The standard InChI is InChI=1S/C21H25FN2S/c1-14(2)15-4-6-20-18(11-15)19(24-9-7-23-8-10-24)12-16-3-5-17(22)13-21(16)25-20/h3-6,11,13-14,19,23H,7-10,12H2,1-2H3. The molecule has 1 atom stereocenters. The van der Waals surface area contributed by atoms with Crippen LogP contribution in [0.1, 0.15) is 42.5 Å². The Labute approximate surface area is 153 Å². The minimum atomic E-state index is -0.146. The van der Waals surface area contributed by atoms with Gasteiger partial charge in [-0.15, -0.1) is 0 Å². The van der Waals surface area contributed by atoms with Crippen molar-refractivity contribution in [3.05, 3.63) is 58.9 Å². The Morgan fingerprint density at radius 2 is 1.88 bits per heavy atom. The number of nitrogens with zero attached hydrogens (tertiary/aromatic N) is 1. The first kappa shape index (κ1) is 17.1. The van der Waals surface area contributed by atoms with E-state index in [4.69, 9.17) is 0 Å². The number of hydrogen-bond acceptors (Lipinski definition) is 3. The highest BCUT2D eigenvalue weighted by Crippen LogP contribution is 2.44. The zero-order chi connectivity index (χ0) is 17.4. The number of hydrogen-bond donors (Lipinski definition) is 1. The van der Waals surface area contributed by atoms with Gasteiger partial charge in [-0.05, 0) is 47.2 Å². The van der Waals surface area contributed by atoms with E-state index in [9.17, 15) is 4.39 Å². The monoisotopic (exact) mass is 356 g/mol. The highest BCUT2D eigenvalue weighted by atomic mass is 32.2. The second kappa shape index (κ2) is 7.10. The molecule has 2 heterocycles. The van der Waals surface area contributed by atoms with E-state index in [1.54, 1.807) is 23.9 Å². The summed E-state index contributed by atoms with van der Waals surface area (Å²) in [4.78, 5) is 4.94. The normalized spacial score (nSPS) is 20.9. The van der Waals surface area contributed by atoms with Crippen LogP contribution in [0, 0.1) is 5.82 Å². The Morgan fingerprint density at radius 3 is 2.64 bits per heavy atom. The van der Waals surface area contributed by atoms with Crippen LogP contribution >= 0.6 is 11.8 Å². The molecule has 1 fully saturated rings. The maximum atomic E-state index is 13.8. The molecular formula is C21H25FN2S. The quantitative estimate of drug-likeness (QED) is 0.846. The zero-order valence-electron chi connectivity index (χ0n) is 14.9. The van der Waals surface area contributed by atoms with E-state index in [1.165, 1.54) is 21.6 Å². The maximum Gasteiger partial charge on any atom is 0.124 e. The van der Waals surface area contributed by atoms with E-state index < -0.39 is 0 Å². The molecule has 0 aliphatic carbocycles. The van der Waals surface area contributed by atoms with E-state index in [0.717, 1.165) is 37.5 Å². The molecule has 4 heteroatoms. The van der Waals surface area contributed by atoms with Gasteiger partial charge in [0.2, 0.25) is 0 Å². The first-order chi connectivity index (χ1) is 12.1. The second-order valence-electron chi connectivity index (χ2n) is 7.31. The maximum absolute atomic E-state index is 13.8. The summed E-state index contributed by atoms with van der Waals surface area (Å²) in [6.07, 6.45) is 0.956. The number of fused-ring (bicyclic) bond motifs is 2. The third kappa shape index (κ3) is 3.48. The lowest BCUT2D eigenvalue weighted by Gasteiger charge is -2.35. The summed E-state index contributed by atoms with van der Waals surface area (Å²) < 4.78 is 13.8. The van der Waals surface area contributed by atoms with Gasteiger partial charge in [0.15, 0.2) is 0 Å². The lowest BCUT2D eigenvalue weighted by Crippen LogP contribution is -2.45. The van der Waals surface area contributed by atoms with Crippen molar-refractivity contribution in [1.82, 2.24) is 10.2 Å². The molecule has 2 nitrogen and oxygen atoms in total. The second-order valence-corrected chi connectivity index (χ2v) is 8.40. The summed E-state index contributed by atoms with van der Waals surface area (Å²) in [6, 6.07) is 12.5. The minimum absolute atomic E-state index is 0.146. The third-order valence-electron chi connectivity index (χ3n) is 5.31. The van der Waals surface area contributed by atoms with Crippen LogP contribution in [0.3, 0.4) is 0 Å². The Balaban J connectivity index is 1.81. The molecule has 0 aromatic heterocycles. The first-order valence-corrected chi connectivity index (χ1v) is 9.98. The summed E-state index contributed by atoms with van der Waals surface area (Å²) >= 11 is 1.72. The van der Waals surface area contributed by atoms with Crippen molar-refractivity contribution < 1.29 is 4.39 Å². The van der Waals surface area contributed by atoms with Crippen molar-refractivity contribution in [2.75, 3.05) is 26.2 Å². The Bertz CT molecular complexity index is 768.